The first-order valence-corrected chi connectivity index (χ1v) is 9.17. The van der Waals surface area contributed by atoms with E-state index in [2.05, 4.69) is 0 Å². The molecule has 1 rings (SSSR count). The SMILES string of the molecule is CCS[C@@]1(O)O[C@H](COC(C)=O)[C@@H](OC(C)=O)[C@H](OC(C)=O)[C@H]1OC(C)=O. The summed E-state index contributed by atoms with van der Waals surface area (Å²) in [5, 5.41) is 8.82. The predicted octanol–water partition coefficient (Wildman–Crippen LogP) is 0.143. The van der Waals surface area contributed by atoms with E-state index in [1.165, 1.54) is 6.92 Å². The van der Waals surface area contributed by atoms with Gasteiger partial charge in [-0.25, -0.2) is 0 Å². The molecular weight excluding hydrogens is 384 g/mol. The van der Waals surface area contributed by atoms with Crippen LogP contribution in [-0.2, 0) is 42.9 Å². The van der Waals surface area contributed by atoms with Crippen LogP contribution in [0, 0.1) is 0 Å². The molecule has 0 bridgehead atoms. The van der Waals surface area contributed by atoms with Gasteiger partial charge in [0.2, 0.25) is 6.10 Å². The van der Waals surface area contributed by atoms with Crippen LogP contribution >= 0.6 is 11.8 Å². The highest BCUT2D eigenvalue weighted by molar-refractivity contribution is 8.00. The van der Waals surface area contributed by atoms with Crippen LogP contribution in [0.2, 0.25) is 0 Å². The normalized spacial score (nSPS) is 30.1. The van der Waals surface area contributed by atoms with E-state index in [9.17, 15) is 24.3 Å². The van der Waals surface area contributed by atoms with Crippen LogP contribution in [0.25, 0.3) is 0 Å². The van der Waals surface area contributed by atoms with Crippen LogP contribution in [0.1, 0.15) is 34.6 Å². The summed E-state index contributed by atoms with van der Waals surface area (Å²) >= 11 is 0.878. The van der Waals surface area contributed by atoms with E-state index >= 15 is 0 Å². The van der Waals surface area contributed by atoms with Gasteiger partial charge in [-0.15, -0.1) is 0 Å². The molecule has 0 amide bonds. The van der Waals surface area contributed by atoms with Crippen molar-refractivity contribution in [1.29, 1.82) is 0 Å². The molecule has 0 radical (unpaired) electrons. The highest BCUT2D eigenvalue weighted by Gasteiger charge is 2.59. The molecule has 1 aliphatic heterocycles. The molecule has 0 aromatic carbocycles. The number of hydrogen-bond donors (Lipinski definition) is 1. The number of esters is 4. The second kappa shape index (κ2) is 9.90. The Kier molecular flexibility index (Phi) is 8.51. The van der Waals surface area contributed by atoms with Crippen LogP contribution in [0.15, 0.2) is 0 Å². The third-order valence-corrected chi connectivity index (χ3v) is 4.40. The number of aliphatic hydroxyl groups is 1. The van der Waals surface area contributed by atoms with Crippen LogP contribution in [0.4, 0.5) is 0 Å². The van der Waals surface area contributed by atoms with Gasteiger partial charge >= 0.3 is 23.9 Å². The van der Waals surface area contributed by atoms with Crippen molar-refractivity contribution in [2.24, 2.45) is 0 Å². The van der Waals surface area contributed by atoms with Crippen molar-refractivity contribution in [3.8, 4) is 0 Å². The number of hydrogen-bond acceptors (Lipinski definition) is 11. The minimum atomic E-state index is -2.12. The molecule has 5 atom stereocenters. The van der Waals surface area contributed by atoms with Crippen LogP contribution in [-0.4, -0.2) is 70.9 Å². The fraction of sp³-hybridized carbons (Fsp3) is 0.750. The van der Waals surface area contributed by atoms with Gasteiger partial charge in [-0.3, -0.25) is 19.2 Å². The number of thioether (sulfide) groups is 1. The number of rotatable bonds is 7. The Morgan fingerprint density at radius 2 is 1.44 bits per heavy atom. The number of carbonyl (C=O) groups is 4. The molecular formula is C16H24O10S. The number of ether oxygens (including phenoxy) is 5. The van der Waals surface area contributed by atoms with Gasteiger partial charge in [-0.05, 0) is 5.75 Å². The van der Waals surface area contributed by atoms with Crippen LogP contribution < -0.4 is 0 Å². The quantitative estimate of drug-likeness (QED) is 0.350. The minimum Gasteiger partial charge on any atom is -0.463 e. The van der Waals surface area contributed by atoms with E-state index < -0.39 is 53.4 Å². The van der Waals surface area contributed by atoms with E-state index in [1.54, 1.807) is 6.92 Å². The first-order chi connectivity index (χ1) is 12.5. The van der Waals surface area contributed by atoms with E-state index in [0.717, 1.165) is 32.5 Å². The van der Waals surface area contributed by atoms with E-state index in [4.69, 9.17) is 23.7 Å². The molecule has 0 aliphatic carbocycles. The molecule has 0 aromatic rings. The third-order valence-electron chi connectivity index (χ3n) is 3.37. The molecule has 1 aliphatic rings. The third kappa shape index (κ3) is 6.67. The first kappa shape index (κ1) is 23.2. The van der Waals surface area contributed by atoms with Gasteiger partial charge in [0.25, 0.3) is 5.12 Å². The average molecular weight is 408 g/mol. The fourth-order valence-corrected chi connectivity index (χ4v) is 3.52. The Morgan fingerprint density at radius 3 is 1.89 bits per heavy atom. The summed E-state index contributed by atoms with van der Waals surface area (Å²) in [6.45, 7) is 5.84. The summed E-state index contributed by atoms with van der Waals surface area (Å²) in [4.78, 5) is 45.8. The zero-order valence-corrected chi connectivity index (χ0v) is 16.6. The molecule has 0 unspecified atom stereocenters. The van der Waals surface area contributed by atoms with Crippen molar-refractivity contribution in [3.05, 3.63) is 0 Å². The Bertz CT molecular complexity index is 580. The van der Waals surface area contributed by atoms with Gasteiger partial charge < -0.3 is 28.8 Å². The summed E-state index contributed by atoms with van der Waals surface area (Å²) in [5.74, 6) is -2.54. The Hall–Kier alpha value is -1.85. The molecule has 10 nitrogen and oxygen atoms in total. The average Bonchev–Trinajstić information content (AvgIpc) is 2.51. The second-order valence-electron chi connectivity index (χ2n) is 5.70. The summed E-state index contributed by atoms with van der Waals surface area (Å²) in [7, 11) is 0. The van der Waals surface area contributed by atoms with Crippen molar-refractivity contribution < 1.29 is 48.0 Å². The summed E-state index contributed by atoms with van der Waals surface area (Å²) in [6.07, 6.45) is -5.32. The Morgan fingerprint density at radius 1 is 0.926 bits per heavy atom. The van der Waals surface area contributed by atoms with Gasteiger partial charge in [0.05, 0.1) is 0 Å². The minimum absolute atomic E-state index is 0.347. The smallest absolute Gasteiger partial charge is 0.303 e. The lowest BCUT2D eigenvalue weighted by atomic mass is 9.98. The zero-order chi connectivity index (χ0) is 20.8. The standard InChI is InChI=1S/C16H24O10S/c1-6-27-16(21)15(25-11(5)20)14(24-10(4)19)13(23-9(3)18)12(26-16)7-22-8(2)17/h12-15,21H,6-7H2,1-5H3/t12-,13-,14+,15-,16+/m1/s1. The maximum atomic E-state index is 11.6. The Balaban J connectivity index is 3.36. The monoisotopic (exact) mass is 408 g/mol. The molecule has 0 saturated carbocycles. The van der Waals surface area contributed by atoms with Gasteiger partial charge in [-0.2, -0.15) is 0 Å². The van der Waals surface area contributed by atoms with Crippen LogP contribution in [0.3, 0.4) is 0 Å². The molecule has 0 spiro atoms. The molecule has 1 N–H and O–H groups in total. The molecule has 27 heavy (non-hydrogen) atoms. The molecule has 154 valence electrons. The van der Waals surface area contributed by atoms with Crippen molar-refractivity contribution in [1.82, 2.24) is 0 Å². The van der Waals surface area contributed by atoms with Crippen molar-refractivity contribution in [2.75, 3.05) is 12.4 Å². The topological polar surface area (TPSA) is 135 Å². The van der Waals surface area contributed by atoms with Crippen molar-refractivity contribution in [2.45, 2.75) is 64.2 Å². The molecule has 0 aromatic heterocycles. The van der Waals surface area contributed by atoms with Crippen molar-refractivity contribution in [3.63, 3.8) is 0 Å². The van der Waals surface area contributed by atoms with E-state index in [0.29, 0.717) is 5.75 Å². The van der Waals surface area contributed by atoms with Gasteiger partial charge in [0.15, 0.2) is 12.2 Å². The summed E-state index contributed by atoms with van der Waals surface area (Å²) in [6, 6.07) is 0. The zero-order valence-electron chi connectivity index (χ0n) is 15.8. The summed E-state index contributed by atoms with van der Waals surface area (Å²) < 4.78 is 26.1. The fourth-order valence-electron chi connectivity index (χ4n) is 2.57. The number of carbonyl (C=O) groups excluding carboxylic acids is 4. The Labute approximate surface area is 160 Å². The second-order valence-corrected chi connectivity index (χ2v) is 7.15. The predicted molar refractivity (Wildman–Crippen MR) is 91.2 cm³/mol. The maximum Gasteiger partial charge on any atom is 0.303 e. The van der Waals surface area contributed by atoms with Crippen LogP contribution in [0.5, 0.6) is 0 Å². The molecule has 11 heteroatoms. The van der Waals surface area contributed by atoms with Gasteiger partial charge in [0.1, 0.15) is 12.7 Å². The lowest BCUT2D eigenvalue weighted by Gasteiger charge is -2.48. The summed E-state index contributed by atoms with van der Waals surface area (Å²) in [5.41, 5.74) is 0. The van der Waals surface area contributed by atoms with E-state index in [1.807, 2.05) is 0 Å². The highest BCUT2D eigenvalue weighted by atomic mass is 32.2. The van der Waals surface area contributed by atoms with Gasteiger partial charge in [0, 0.05) is 27.7 Å². The lowest BCUT2D eigenvalue weighted by Crippen LogP contribution is -2.67. The lowest BCUT2D eigenvalue weighted by molar-refractivity contribution is -0.312. The largest absolute Gasteiger partial charge is 0.463 e. The molecule has 1 saturated heterocycles. The van der Waals surface area contributed by atoms with E-state index in [-0.39, 0.29) is 6.61 Å². The van der Waals surface area contributed by atoms with Crippen molar-refractivity contribution >= 4 is 35.6 Å². The molecule has 1 fully saturated rings. The first-order valence-electron chi connectivity index (χ1n) is 8.19. The molecule has 1 heterocycles. The maximum absolute atomic E-state index is 11.6. The highest BCUT2D eigenvalue weighted by Crippen LogP contribution is 2.41. The van der Waals surface area contributed by atoms with Gasteiger partial charge in [-0.1, -0.05) is 18.7 Å².